The van der Waals surface area contributed by atoms with E-state index in [1.165, 1.54) is 103 Å². The van der Waals surface area contributed by atoms with Gasteiger partial charge in [0.05, 0.1) is 19.8 Å². The predicted molar refractivity (Wildman–Crippen MR) is 242 cm³/mol. The van der Waals surface area contributed by atoms with E-state index >= 15 is 0 Å². The summed E-state index contributed by atoms with van der Waals surface area (Å²) >= 11 is 0. The van der Waals surface area contributed by atoms with E-state index < -0.39 is 51.8 Å². The van der Waals surface area contributed by atoms with E-state index in [-0.39, 0.29) is 19.4 Å². The van der Waals surface area contributed by atoms with E-state index in [1.54, 1.807) is 0 Å². The number of hydrogen-bond donors (Lipinski definition) is 3. The first-order valence-corrected chi connectivity index (χ1v) is 25.1. The fraction of sp³-hybridized carbons (Fsp3) is 0.792. The van der Waals surface area contributed by atoms with Gasteiger partial charge in [0.25, 0.3) is 0 Å². The summed E-state index contributed by atoms with van der Waals surface area (Å²) in [5.41, 5.74) is 0. The Morgan fingerprint density at radius 1 is 0.508 bits per heavy atom. The number of unbranched alkanes of at least 4 members (excludes halogenated alkanes) is 22. The van der Waals surface area contributed by atoms with Crippen molar-refractivity contribution in [1.82, 2.24) is 0 Å². The first kappa shape index (κ1) is 56.9. The molecule has 0 saturated heterocycles. The molecule has 0 fully saturated rings. The van der Waals surface area contributed by atoms with Gasteiger partial charge in [-0.25, -0.2) is 4.57 Å². The summed E-state index contributed by atoms with van der Waals surface area (Å²) in [5.74, 6) is -0.953. The largest absolute Gasteiger partial charge is 0.472 e. The average Bonchev–Trinajstić information content (AvgIpc) is 3.22. The van der Waals surface area contributed by atoms with Gasteiger partial charge in [-0.1, -0.05) is 165 Å². The summed E-state index contributed by atoms with van der Waals surface area (Å²) < 4.78 is 32.8. The van der Waals surface area contributed by atoms with Crippen molar-refractivity contribution in [3.05, 3.63) is 48.6 Å². The average molecular weight is 855 g/mol. The Balaban J connectivity index is 4.28. The lowest BCUT2D eigenvalue weighted by molar-refractivity contribution is -0.161. The van der Waals surface area contributed by atoms with Crippen LogP contribution in [0.4, 0.5) is 0 Å². The number of aliphatic hydroxyl groups excluding tert-OH is 2. The molecule has 0 aromatic heterocycles. The third-order valence-corrected chi connectivity index (χ3v) is 10.9. The maximum Gasteiger partial charge on any atom is 0.472 e. The van der Waals surface area contributed by atoms with Gasteiger partial charge in [0.1, 0.15) is 12.7 Å². The van der Waals surface area contributed by atoms with Crippen molar-refractivity contribution in [3.63, 3.8) is 0 Å². The fourth-order valence-electron chi connectivity index (χ4n) is 6.29. The zero-order valence-corrected chi connectivity index (χ0v) is 38.4. The zero-order valence-electron chi connectivity index (χ0n) is 37.5. The molecule has 0 aromatic carbocycles. The number of aliphatic hydroxyl groups is 2. The number of rotatable bonds is 44. The van der Waals surface area contributed by atoms with E-state index in [1.807, 2.05) is 0 Å². The van der Waals surface area contributed by atoms with Crippen LogP contribution in [0.25, 0.3) is 0 Å². The molecule has 0 aromatic rings. The first-order chi connectivity index (χ1) is 28.7. The van der Waals surface area contributed by atoms with E-state index in [4.69, 9.17) is 23.6 Å². The summed E-state index contributed by atoms with van der Waals surface area (Å²) in [6, 6.07) is 0. The number of carbonyl (C=O) groups excluding carboxylic acids is 2. The van der Waals surface area contributed by atoms with Gasteiger partial charge in [0, 0.05) is 12.8 Å². The number of esters is 2. The maximum absolute atomic E-state index is 12.6. The number of allylic oxidation sites excluding steroid dienone is 8. The Morgan fingerprint density at radius 3 is 1.37 bits per heavy atom. The third-order valence-electron chi connectivity index (χ3n) is 9.96. The van der Waals surface area contributed by atoms with Crippen molar-refractivity contribution in [1.29, 1.82) is 0 Å². The molecular formula is C48H87O10P. The first-order valence-electron chi connectivity index (χ1n) is 23.6. The van der Waals surface area contributed by atoms with Crippen LogP contribution < -0.4 is 0 Å². The van der Waals surface area contributed by atoms with Crippen LogP contribution in [0.3, 0.4) is 0 Å². The van der Waals surface area contributed by atoms with Gasteiger partial charge < -0.3 is 24.6 Å². The Hall–Kier alpha value is -2.07. The molecule has 0 aliphatic carbocycles. The number of ether oxygens (including phenoxy) is 2. The minimum Gasteiger partial charge on any atom is -0.462 e. The molecule has 3 N–H and O–H groups in total. The minimum atomic E-state index is -4.63. The van der Waals surface area contributed by atoms with Crippen LogP contribution in [-0.4, -0.2) is 65.7 Å². The maximum atomic E-state index is 12.6. The molecule has 0 radical (unpaired) electrons. The van der Waals surface area contributed by atoms with Gasteiger partial charge in [-0.05, 0) is 77.0 Å². The molecule has 0 aliphatic rings. The molecule has 0 heterocycles. The number of carbonyl (C=O) groups is 2. The number of hydrogen-bond acceptors (Lipinski definition) is 9. The third kappa shape index (κ3) is 43.8. The summed E-state index contributed by atoms with van der Waals surface area (Å²) in [6.45, 7) is 2.33. The molecule has 0 bridgehead atoms. The molecule has 1 unspecified atom stereocenters. The topological polar surface area (TPSA) is 149 Å². The molecule has 0 aliphatic heterocycles. The highest BCUT2D eigenvalue weighted by atomic mass is 31.2. The summed E-state index contributed by atoms with van der Waals surface area (Å²) in [6.07, 6.45) is 47.9. The van der Waals surface area contributed by atoms with Gasteiger partial charge in [-0.3, -0.25) is 18.6 Å². The highest BCUT2D eigenvalue weighted by Crippen LogP contribution is 2.43. The van der Waals surface area contributed by atoms with Crippen molar-refractivity contribution in [3.8, 4) is 0 Å². The molecular weight excluding hydrogens is 767 g/mol. The van der Waals surface area contributed by atoms with E-state index in [0.29, 0.717) is 12.8 Å². The number of phosphoric acid groups is 1. The van der Waals surface area contributed by atoms with E-state index in [2.05, 4.69) is 62.5 Å². The van der Waals surface area contributed by atoms with Crippen molar-refractivity contribution in [2.45, 2.75) is 219 Å². The van der Waals surface area contributed by atoms with Crippen molar-refractivity contribution in [2.75, 3.05) is 26.4 Å². The molecule has 0 amide bonds. The monoisotopic (exact) mass is 855 g/mol. The fourth-order valence-corrected chi connectivity index (χ4v) is 7.08. The van der Waals surface area contributed by atoms with Crippen LogP contribution in [0.2, 0.25) is 0 Å². The second kappa shape index (κ2) is 44.0. The summed E-state index contributed by atoms with van der Waals surface area (Å²) in [4.78, 5) is 35.1. The van der Waals surface area contributed by atoms with Crippen molar-refractivity contribution < 1.29 is 47.8 Å². The Morgan fingerprint density at radius 2 is 0.881 bits per heavy atom. The minimum absolute atomic E-state index is 0.157. The van der Waals surface area contributed by atoms with Gasteiger partial charge in [-0.2, -0.15) is 0 Å². The molecule has 3 atom stereocenters. The highest BCUT2D eigenvalue weighted by Gasteiger charge is 2.27. The van der Waals surface area contributed by atoms with Gasteiger partial charge >= 0.3 is 19.8 Å². The quantitative estimate of drug-likeness (QED) is 0.0234. The van der Waals surface area contributed by atoms with Gasteiger partial charge in [-0.15, -0.1) is 0 Å². The van der Waals surface area contributed by atoms with Crippen LogP contribution in [0.1, 0.15) is 206 Å². The van der Waals surface area contributed by atoms with Crippen LogP contribution in [0.15, 0.2) is 48.6 Å². The number of phosphoric ester groups is 1. The molecule has 0 spiro atoms. The summed E-state index contributed by atoms with van der Waals surface area (Å²) in [5, 5.41) is 18.4. The molecule has 0 saturated carbocycles. The van der Waals surface area contributed by atoms with Crippen LogP contribution in [0.5, 0.6) is 0 Å². The lowest BCUT2D eigenvalue weighted by Crippen LogP contribution is -2.29. The lowest BCUT2D eigenvalue weighted by atomic mass is 10.1. The standard InChI is InChI=1S/C48H87O10P/c1-3-5-7-9-11-13-15-17-19-21-22-24-25-27-29-31-33-35-37-39-47(51)55-43-46(44-57-59(53,54)56-42-45(50)41-49)58-48(52)40-38-36-34-32-30-28-26-23-20-18-16-14-12-10-8-6-4-2/h12,14,18,20-22,26,28,45-46,49-50H,3-11,13,15-17,19,23-25,27,29-44H2,1-2H3,(H,53,54)/b14-12-,20-18-,22-21-,28-26-/t45-,46+/m0/s1. The van der Waals surface area contributed by atoms with Gasteiger partial charge in [0.15, 0.2) is 6.10 Å². The molecule has 344 valence electrons. The SMILES string of the molecule is CCCCC/C=C\C/C=C\C/C=C\CCCCCCC(=O)O[C@H](COC(=O)CCCCCCCCC/C=C\CCCCCCCCCC)COP(=O)(O)OC[C@@H](O)CO. The molecule has 59 heavy (non-hydrogen) atoms. The Kier molecular flexibility index (Phi) is 42.5. The van der Waals surface area contributed by atoms with Crippen molar-refractivity contribution in [2.24, 2.45) is 0 Å². The van der Waals surface area contributed by atoms with E-state index in [9.17, 15) is 24.2 Å². The predicted octanol–water partition coefficient (Wildman–Crippen LogP) is 12.9. The molecule has 10 nitrogen and oxygen atoms in total. The zero-order chi connectivity index (χ0) is 43.3. The van der Waals surface area contributed by atoms with Crippen LogP contribution in [0, 0.1) is 0 Å². The lowest BCUT2D eigenvalue weighted by Gasteiger charge is -2.20. The Bertz CT molecular complexity index is 1120. The van der Waals surface area contributed by atoms with Crippen LogP contribution >= 0.6 is 7.82 Å². The van der Waals surface area contributed by atoms with Crippen molar-refractivity contribution >= 4 is 19.8 Å². The Labute approximate surface area is 360 Å². The normalized spacial score (nSPS) is 14.2. The van der Waals surface area contributed by atoms with Gasteiger partial charge in [0.2, 0.25) is 0 Å². The molecule has 0 rings (SSSR count). The van der Waals surface area contributed by atoms with E-state index in [0.717, 1.165) is 64.2 Å². The second-order valence-corrected chi connectivity index (χ2v) is 17.2. The second-order valence-electron chi connectivity index (χ2n) is 15.8. The highest BCUT2D eigenvalue weighted by molar-refractivity contribution is 7.47. The van der Waals surface area contributed by atoms with Crippen LogP contribution in [-0.2, 0) is 32.7 Å². The smallest absolute Gasteiger partial charge is 0.462 e. The summed E-state index contributed by atoms with van der Waals surface area (Å²) in [7, 11) is -4.63. The molecule has 11 heteroatoms.